The molecule has 116 valence electrons. The Bertz CT molecular complexity index is 487. The molecule has 0 aromatic heterocycles. The molecule has 2 heterocycles. The fourth-order valence-corrected chi connectivity index (χ4v) is 3.71. The third-order valence-electron chi connectivity index (χ3n) is 4.89. The van der Waals surface area contributed by atoms with Gasteiger partial charge >= 0.3 is 6.18 Å². The smallest absolute Gasteiger partial charge is 0.312 e. The lowest BCUT2D eigenvalue weighted by Gasteiger charge is -2.27. The van der Waals surface area contributed by atoms with Crippen LogP contribution in [-0.2, 0) is 6.18 Å². The maximum Gasteiger partial charge on any atom is 0.416 e. The van der Waals surface area contributed by atoms with Crippen LogP contribution in [0, 0.1) is 5.92 Å². The number of halogens is 3. The van der Waals surface area contributed by atoms with Gasteiger partial charge in [0, 0.05) is 25.2 Å². The van der Waals surface area contributed by atoms with E-state index in [-0.39, 0.29) is 6.04 Å². The molecular formula is C16H21F3N2. The van der Waals surface area contributed by atoms with Gasteiger partial charge in [0.05, 0.1) is 5.56 Å². The van der Waals surface area contributed by atoms with Gasteiger partial charge in [0.1, 0.15) is 0 Å². The van der Waals surface area contributed by atoms with Gasteiger partial charge < -0.3 is 5.32 Å². The van der Waals surface area contributed by atoms with Gasteiger partial charge in [-0.2, -0.15) is 13.2 Å². The zero-order chi connectivity index (χ0) is 15.0. The molecule has 3 atom stereocenters. The van der Waals surface area contributed by atoms with Crippen molar-refractivity contribution in [3.63, 3.8) is 0 Å². The number of alkyl halides is 3. The van der Waals surface area contributed by atoms with Crippen molar-refractivity contribution >= 4 is 0 Å². The Morgan fingerprint density at radius 3 is 2.71 bits per heavy atom. The summed E-state index contributed by atoms with van der Waals surface area (Å²) in [5.41, 5.74) is -0.107. The van der Waals surface area contributed by atoms with Crippen LogP contribution in [0.2, 0.25) is 0 Å². The predicted octanol–water partition coefficient (Wildman–Crippen LogP) is 3.45. The van der Waals surface area contributed by atoms with Gasteiger partial charge in [-0.3, -0.25) is 4.90 Å². The molecule has 2 saturated heterocycles. The molecule has 1 N–H and O–H groups in total. The van der Waals surface area contributed by atoms with E-state index in [2.05, 4.69) is 10.2 Å². The Labute approximate surface area is 123 Å². The first-order valence-corrected chi connectivity index (χ1v) is 7.60. The van der Waals surface area contributed by atoms with Gasteiger partial charge in [-0.25, -0.2) is 0 Å². The van der Waals surface area contributed by atoms with Crippen molar-refractivity contribution in [2.24, 2.45) is 5.92 Å². The summed E-state index contributed by atoms with van der Waals surface area (Å²) in [6, 6.07) is 6.21. The van der Waals surface area contributed by atoms with E-state index in [0.717, 1.165) is 19.6 Å². The third-order valence-corrected chi connectivity index (χ3v) is 4.89. The lowest BCUT2D eigenvalue weighted by atomic mass is 9.94. The van der Waals surface area contributed by atoms with Gasteiger partial charge in [0.2, 0.25) is 0 Å². The molecule has 2 nitrogen and oxygen atoms in total. The molecule has 1 aromatic rings. The number of fused-ring (bicyclic) bond motifs is 1. The summed E-state index contributed by atoms with van der Waals surface area (Å²) in [4.78, 5) is 2.19. The van der Waals surface area contributed by atoms with Crippen LogP contribution in [0.4, 0.5) is 13.2 Å². The normalized spacial score (nSPS) is 28.4. The van der Waals surface area contributed by atoms with Crippen LogP contribution in [0.1, 0.15) is 36.9 Å². The summed E-state index contributed by atoms with van der Waals surface area (Å²) in [7, 11) is 0. The van der Waals surface area contributed by atoms with Gasteiger partial charge in [0.25, 0.3) is 0 Å². The van der Waals surface area contributed by atoms with Crippen molar-refractivity contribution in [1.29, 1.82) is 0 Å². The van der Waals surface area contributed by atoms with Crippen LogP contribution in [0.15, 0.2) is 24.3 Å². The second-order valence-electron chi connectivity index (χ2n) is 6.18. The standard InChI is InChI=1S/C16H21F3N2/c1-11(13-6-2-3-7-14(13)16(17,18)19)21-9-12-5-4-8-20-15(12)10-21/h2-3,6-7,11-12,15,20H,4-5,8-10H2,1H3/t11?,12-,15+/m0/s1. The Balaban J connectivity index is 1.81. The first-order chi connectivity index (χ1) is 9.97. The first-order valence-electron chi connectivity index (χ1n) is 7.60. The molecule has 1 aromatic carbocycles. The van der Waals surface area contributed by atoms with Crippen LogP contribution in [0.3, 0.4) is 0 Å². The number of nitrogens with one attached hydrogen (secondary N) is 1. The number of rotatable bonds is 2. The predicted molar refractivity (Wildman–Crippen MR) is 75.9 cm³/mol. The van der Waals surface area contributed by atoms with E-state index in [9.17, 15) is 13.2 Å². The van der Waals surface area contributed by atoms with E-state index < -0.39 is 11.7 Å². The number of likely N-dealkylation sites (tertiary alicyclic amines) is 1. The van der Waals surface area contributed by atoms with Crippen LogP contribution in [0.25, 0.3) is 0 Å². The van der Waals surface area contributed by atoms with Gasteiger partial charge in [-0.15, -0.1) is 0 Å². The zero-order valence-corrected chi connectivity index (χ0v) is 12.2. The maximum atomic E-state index is 13.2. The van der Waals surface area contributed by atoms with Crippen LogP contribution >= 0.6 is 0 Å². The lowest BCUT2D eigenvalue weighted by molar-refractivity contribution is -0.138. The topological polar surface area (TPSA) is 15.3 Å². The second kappa shape index (κ2) is 5.61. The molecule has 0 radical (unpaired) electrons. The quantitative estimate of drug-likeness (QED) is 0.899. The largest absolute Gasteiger partial charge is 0.416 e. The van der Waals surface area contributed by atoms with Crippen molar-refractivity contribution in [1.82, 2.24) is 10.2 Å². The molecule has 0 spiro atoms. The molecule has 0 saturated carbocycles. The average Bonchev–Trinajstić information content (AvgIpc) is 2.89. The molecule has 1 unspecified atom stereocenters. The van der Waals surface area contributed by atoms with Gasteiger partial charge in [0.15, 0.2) is 0 Å². The summed E-state index contributed by atoms with van der Waals surface area (Å²) in [6.07, 6.45) is -1.93. The monoisotopic (exact) mass is 298 g/mol. The fraction of sp³-hybridized carbons (Fsp3) is 0.625. The highest BCUT2D eigenvalue weighted by Gasteiger charge is 2.39. The second-order valence-corrected chi connectivity index (χ2v) is 6.18. The van der Waals surface area contributed by atoms with Crippen molar-refractivity contribution in [3.05, 3.63) is 35.4 Å². The highest BCUT2D eigenvalue weighted by atomic mass is 19.4. The van der Waals surface area contributed by atoms with Crippen LogP contribution in [-0.4, -0.2) is 30.6 Å². The maximum absolute atomic E-state index is 13.2. The molecule has 2 aliphatic heterocycles. The summed E-state index contributed by atoms with van der Waals surface area (Å²) in [6.45, 7) is 4.66. The first kappa shape index (κ1) is 14.9. The van der Waals surface area contributed by atoms with E-state index in [4.69, 9.17) is 0 Å². The Hall–Kier alpha value is -1.07. The van der Waals surface area contributed by atoms with E-state index in [1.807, 2.05) is 6.92 Å². The van der Waals surface area contributed by atoms with E-state index >= 15 is 0 Å². The number of hydrogen-bond acceptors (Lipinski definition) is 2. The van der Waals surface area contributed by atoms with Crippen molar-refractivity contribution < 1.29 is 13.2 Å². The number of nitrogens with zero attached hydrogens (tertiary/aromatic N) is 1. The van der Waals surface area contributed by atoms with E-state index in [0.29, 0.717) is 17.5 Å². The van der Waals surface area contributed by atoms with E-state index in [1.165, 1.54) is 25.0 Å². The number of hydrogen-bond donors (Lipinski definition) is 1. The Kier molecular flexibility index (Phi) is 3.97. The molecule has 0 bridgehead atoms. The van der Waals surface area contributed by atoms with E-state index in [1.54, 1.807) is 12.1 Å². The summed E-state index contributed by atoms with van der Waals surface area (Å²) in [5.74, 6) is 0.583. The number of benzene rings is 1. The van der Waals surface area contributed by atoms with Crippen molar-refractivity contribution in [2.75, 3.05) is 19.6 Å². The highest BCUT2D eigenvalue weighted by Crippen LogP contribution is 2.38. The zero-order valence-electron chi connectivity index (χ0n) is 12.2. The van der Waals surface area contributed by atoms with Gasteiger partial charge in [-0.05, 0) is 43.9 Å². The minimum atomic E-state index is -4.28. The molecule has 3 rings (SSSR count). The molecule has 5 heteroatoms. The summed E-state index contributed by atoms with van der Waals surface area (Å²) in [5, 5.41) is 3.50. The van der Waals surface area contributed by atoms with Crippen LogP contribution < -0.4 is 5.32 Å². The molecular weight excluding hydrogens is 277 g/mol. The average molecular weight is 298 g/mol. The number of piperidine rings is 1. The summed E-state index contributed by atoms with van der Waals surface area (Å²) < 4.78 is 39.5. The van der Waals surface area contributed by atoms with Crippen molar-refractivity contribution in [3.8, 4) is 0 Å². The molecule has 0 amide bonds. The van der Waals surface area contributed by atoms with Crippen LogP contribution in [0.5, 0.6) is 0 Å². The molecule has 0 aliphatic carbocycles. The Morgan fingerprint density at radius 2 is 2.00 bits per heavy atom. The Morgan fingerprint density at radius 1 is 1.24 bits per heavy atom. The minimum Gasteiger partial charge on any atom is -0.312 e. The third kappa shape index (κ3) is 2.94. The summed E-state index contributed by atoms with van der Waals surface area (Å²) >= 11 is 0. The molecule has 2 fully saturated rings. The molecule has 2 aliphatic rings. The van der Waals surface area contributed by atoms with Crippen molar-refractivity contribution in [2.45, 2.75) is 38.0 Å². The minimum absolute atomic E-state index is 0.199. The fourth-order valence-electron chi connectivity index (χ4n) is 3.71. The lowest BCUT2D eigenvalue weighted by Crippen LogP contribution is -2.40. The SMILES string of the molecule is CC(c1ccccc1C(F)(F)F)N1C[C@@H]2CCCN[C@@H]2C1. The molecule has 21 heavy (non-hydrogen) atoms. The highest BCUT2D eigenvalue weighted by molar-refractivity contribution is 5.32. The van der Waals surface area contributed by atoms with Gasteiger partial charge in [-0.1, -0.05) is 18.2 Å².